The number of rotatable bonds is 3. The number of benzene rings is 1. The second-order valence-corrected chi connectivity index (χ2v) is 6.30. The van der Waals surface area contributed by atoms with Crippen molar-refractivity contribution in [3.8, 4) is 0 Å². The van der Waals surface area contributed by atoms with Gasteiger partial charge in [-0.05, 0) is 17.9 Å². The van der Waals surface area contributed by atoms with Crippen LogP contribution in [0.4, 0.5) is 0 Å². The molecule has 3 rings (SSSR count). The van der Waals surface area contributed by atoms with Gasteiger partial charge in [-0.25, -0.2) is 0 Å². The maximum absolute atomic E-state index is 12.0. The molecule has 2 amide bonds. The van der Waals surface area contributed by atoms with E-state index in [1.807, 2.05) is 6.07 Å². The van der Waals surface area contributed by atoms with Crippen molar-refractivity contribution in [3.05, 3.63) is 35.9 Å². The zero-order valence-corrected chi connectivity index (χ0v) is 13.2. The molecule has 118 valence electrons. The molecule has 5 nitrogen and oxygen atoms in total. The van der Waals surface area contributed by atoms with E-state index in [2.05, 4.69) is 34.5 Å². The molecule has 5 heteroatoms. The van der Waals surface area contributed by atoms with E-state index < -0.39 is 0 Å². The first kappa shape index (κ1) is 15.0. The molecule has 0 aliphatic carbocycles. The molecule has 2 heterocycles. The molecule has 3 atom stereocenters. The minimum atomic E-state index is -0.295. The van der Waals surface area contributed by atoms with Crippen molar-refractivity contribution >= 4 is 11.8 Å². The maximum Gasteiger partial charge on any atom is 0.242 e. The number of amides is 2. The number of nitrogens with zero attached hydrogens (tertiary/aromatic N) is 2. The number of hydrogen-bond donors (Lipinski definition) is 1. The van der Waals surface area contributed by atoms with Crippen LogP contribution >= 0.6 is 0 Å². The van der Waals surface area contributed by atoms with Crippen molar-refractivity contribution in [2.24, 2.45) is 5.92 Å². The van der Waals surface area contributed by atoms with E-state index in [1.165, 1.54) is 5.56 Å². The minimum absolute atomic E-state index is 0.00246. The Morgan fingerprint density at radius 1 is 1.23 bits per heavy atom. The monoisotopic (exact) mass is 301 g/mol. The van der Waals surface area contributed by atoms with E-state index in [9.17, 15) is 9.59 Å². The summed E-state index contributed by atoms with van der Waals surface area (Å²) in [5.74, 6) is 0.358. The molecule has 1 aromatic carbocycles. The van der Waals surface area contributed by atoms with Crippen LogP contribution in [-0.2, 0) is 16.1 Å². The third kappa shape index (κ3) is 2.73. The van der Waals surface area contributed by atoms with Crippen molar-refractivity contribution in [2.75, 3.05) is 20.1 Å². The van der Waals surface area contributed by atoms with E-state index in [1.54, 1.807) is 18.9 Å². The zero-order chi connectivity index (χ0) is 15.7. The second-order valence-electron chi connectivity index (χ2n) is 6.30. The van der Waals surface area contributed by atoms with Crippen LogP contribution in [-0.4, -0.2) is 53.8 Å². The van der Waals surface area contributed by atoms with Crippen LogP contribution in [0.1, 0.15) is 18.9 Å². The lowest BCUT2D eigenvalue weighted by atomic mass is 10.0. The van der Waals surface area contributed by atoms with Gasteiger partial charge in [0.05, 0.1) is 0 Å². The van der Waals surface area contributed by atoms with E-state index in [4.69, 9.17) is 0 Å². The average Bonchev–Trinajstić information content (AvgIpc) is 3.03. The van der Waals surface area contributed by atoms with Gasteiger partial charge >= 0.3 is 0 Å². The molecule has 0 saturated carbocycles. The lowest BCUT2D eigenvalue weighted by Crippen LogP contribution is -2.49. The summed E-state index contributed by atoms with van der Waals surface area (Å²) in [6.45, 7) is 4.28. The molecular weight excluding hydrogens is 278 g/mol. The quantitative estimate of drug-likeness (QED) is 0.901. The van der Waals surface area contributed by atoms with Crippen LogP contribution in [0.15, 0.2) is 30.3 Å². The van der Waals surface area contributed by atoms with Crippen molar-refractivity contribution in [3.63, 3.8) is 0 Å². The number of likely N-dealkylation sites (tertiary alicyclic amines) is 2. The fraction of sp³-hybridized carbons (Fsp3) is 0.529. The summed E-state index contributed by atoms with van der Waals surface area (Å²) < 4.78 is 0. The molecule has 2 aliphatic rings. The highest BCUT2D eigenvalue weighted by atomic mass is 16.2. The van der Waals surface area contributed by atoms with Crippen molar-refractivity contribution in [1.82, 2.24) is 15.1 Å². The van der Waals surface area contributed by atoms with Gasteiger partial charge in [-0.15, -0.1) is 0 Å². The fourth-order valence-corrected chi connectivity index (χ4v) is 3.94. The fourth-order valence-electron chi connectivity index (χ4n) is 3.94. The molecule has 1 aromatic rings. The first-order valence-electron chi connectivity index (χ1n) is 7.87. The van der Waals surface area contributed by atoms with Crippen molar-refractivity contribution in [2.45, 2.75) is 32.0 Å². The summed E-state index contributed by atoms with van der Waals surface area (Å²) in [7, 11) is 1.64. The Balaban J connectivity index is 1.70. The summed E-state index contributed by atoms with van der Waals surface area (Å²) in [5, 5.41) is 2.69. The van der Waals surface area contributed by atoms with Crippen molar-refractivity contribution < 1.29 is 9.59 Å². The summed E-state index contributed by atoms with van der Waals surface area (Å²) >= 11 is 0. The molecule has 2 aliphatic heterocycles. The lowest BCUT2D eigenvalue weighted by Gasteiger charge is -2.28. The number of likely N-dealkylation sites (N-methyl/N-ethyl adjacent to an activating group) is 1. The molecule has 2 saturated heterocycles. The zero-order valence-electron chi connectivity index (χ0n) is 13.2. The predicted molar refractivity (Wildman–Crippen MR) is 84.0 cm³/mol. The van der Waals surface area contributed by atoms with Gasteiger partial charge in [0.15, 0.2) is 0 Å². The Morgan fingerprint density at radius 2 is 1.95 bits per heavy atom. The van der Waals surface area contributed by atoms with E-state index >= 15 is 0 Å². The highest BCUT2D eigenvalue weighted by molar-refractivity contribution is 5.87. The normalized spacial score (nSPS) is 27.7. The highest BCUT2D eigenvalue weighted by Gasteiger charge is 2.49. The Labute approximate surface area is 131 Å². The van der Waals surface area contributed by atoms with Crippen LogP contribution < -0.4 is 5.32 Å². The molecular formula is C17H23N3O2. The van der Waals surface area contributed by atoms with Gasteiger partial charge in [-0.3, -0.25) is 14.5 Å². The standard InChI is InChI=1S/C17H23N3O2/c1-12(21)20-15(17(22)18-2)8-14-10-19(11-16(14)20)9-13-6-4-3-5-7-13/h3-7,14-16H,8-11H2,1-2H3,(H,18,22)/t14-,15-,16+/m0/s1. The third-order valence-corrected chi connectivity index (χ3v) is 4.86. The van der Waals surface area contributed by atoms with Crippen LogP contribution in [0.3, 0.4) is 0 Å². The minimum Gasteiger partial charge on any atom is -0.357 e. The molecule has 1 N–H and O–H groups in total. The topological polar surface area (TPSA) is 52.7 Å². The predicted octanol–water partition coefficient (Wildman–Crippen LogP) is 0.854. The van der Waals surface area contributed by atoms with E-state index in [0.29, 0.717) is 5.92 Å². The van der Waals surface area contributed by atoms with Crippen LogP contribution in [0.2, 0.25) is 0 Å². The maximum atomic E-state index is 12.0. The Kier molecular flexibility index (Phi) is 4.16. The van der Waals surface area contributed by atoms with Gasteiger partial charge < -0.3 is 10.2 Å². The SMILES string of the molecule is CNC(=O)[C@@H]1C[C@H]2CN(Cc3ccccc3)C[C@H]2N1C(C)=O. The average molecular weight is 301 g/mol. The molecule has 0 unspecified atom stereocenters. The second kappa shape index (κ2) is 6.08. The van der Waals surface area contributed by atoms with Crippen LogP contribution in [0.25, 0.3) is 0 Å². The van der Waals surface area contributed by atoms with Crippen molar-refractivity contribution in [1.29, 1.82) is 0 Å². The van der Waals surface area contributed by atoms with Gasteiger partial charge in [-0.2, -0.15) is 0 Å². The summed E-state index contributed by atoms with van der Waals surface area (Å²) in [5.41, 5.74) is 1.29. The molecule has 2 fully saturated rings. The largest absolute Gasteiger partial charge is 0.357 e. The molecule has 0 aromatic heterocycles. The highest BCUT2D eigenvalue weighted by Crippen LogP contribution is 2.36. The third-order valence-electron chi connectivity index (χ3n) is 4.86. The summed E-state index contributed by atoms with van der Waals surface area (Å²) in [6.07, 6.45) is 0.773. The summed E-state index contributed by atoms with van der Waals surface area (Å²) in [6, 6.07) is 10.3. The van der Waals surface area contributed by atoms with Gasteiger partial charge in [-0.1, -0.05) is 30.3 Å². The van der Waals surface area contributed by atoms with Gasteiger partial charge in [0.2, 0.25) is 11.8 Å². The Bertz CT molecular complexity index is 560. The molecule has 22 heavy (non-hydrogen) atoms. The number of hydrogen-bond acceptors (Lipinski definition) is 3. The Hall–Kier alpha value is -1.88. The first-order valence-corrected chi connectivity index (χ1v) is 7.87. The molecule has 0 bridgehead atoms. The van der Waals surface area contributed by atoms with Gasteiger partial charge in [0.1, 0.15) is 6.04 Å². The Morgan fingerprint density at radius 3 is 2.59 bits per heavy atom. The van der Waals surface area contributed by atoms with E-state index in [-0.39, 0.29) is 23.9 Å². The lowest BCUT2D eigenvalue weighted by molar-refractivity contribution is -0.138. The number of carbonyl (C=O) groups is 2. The molecule has 0 spiro atoms. The molecule has 0 radical (unpaired) electrons. The number of nitrogens with one attached hydrogen (secondary N) is 1. The number of fused-ring (bicyclic) bond motifs is 1. The van der Waals surface area contributed by atoms with Crippen LogP contribution in [0, 0.1) is 5.92 Å². The number of carbonyl (C=O) groups excluding carboxylic acids is 2. The van der Waals surface area contributed by atoms with Gasteiger partial charge in [0, 0.05) is 39.6 Å². The van der Waals surface area contributed by atoms with E-state index in [0.717, 1.165) is 26.1 Å². The van der Waals surface area contributed by atoms with Crippen LogP contribution in [0.5, 0.6) is 0 Å². The first-order chi connectivity index (χ1) is 10.6. The van der Waals surface area contributed by atoms with Gasteiger partial charge in [0.25, 0.3) is 0 Å². The summed E-state index contributed by atoms with van der Waals surface area (Å²) in [4.78, 5) is 28.2. The smallest absolute Gasteiger partial charge is 0.242 e.